The highest BCUT2D eigenvalue weighted by molar-refractivity contribution is 7.98. The van der Waals surface area contributed by atoms with Crippen LogP contribution in [-0.2, 0) is 14.3 Å². The molecule has 0 saturated heterocycles. The Kier molecular flexibility index (Phi) is 10.2. The lowest BCUT2D eigenvalue weighted by Gasteiger charge is -2.31. The number of carbonyl (C=O) groups is 3. The molecule has 0 saturated carbocycles. The fourth-order valence-electron chi connectivity index (χ4n) is 4.12. The molecule has 7 nitrogen and oxygen atoms in total. The summed E-state index contributed by atoms with van der Waals surface area (Å²) >= 11 is 1.51. The summed E-state index contributed by atoms with van der Waals surface area (Å²) < 4.78 is 5.37. The van der Waals surface area contributed by atoms with Crippen LogP contribution in [0.2, 0.25) is 0 Å². The molecule has 0 bridgehead atoms. The zero-order valence-electron chi connectivity index (χ0n) is 23.1. The van der Waals surface area contributed by atoms with Crippen LogP contribution >= 0.6 is 11.8 Å². The van der Waals surface area contributed by atoms with Gasteiger partial charge in [0, 0.05) is 22.9 Å². The normalized spacial score (nSPS) is 12.3. The molecule has 0 radical (unpaired) electrons. The summed E-state index contributed by atoms with van der Waals surface area (Å²) in [4.78, 5) is 41.4. The maximum atomic E-state index is 13.9. The molecule has 40 heavy (non-hydrogen) atoms. The number of ether oxygens (including phenoxy) is 1. The van der Waals surface area contributed by atoms with Crippen molar-refractivity contribution in [2.45, 2.75) is 44.9 Å². The number of benzene rings is 3. The van der Waals surface area contributed by atoms with E-state index in [4.69, 9.17) is 17.6 Å². The van der Waals surface area contributed by atoms with Gasteiger partial charge in [0.15, 0.2) is 6.04 Å². The summed E-state index contributed by atoms with van der Waals surface area (Å²) in [6, 6.07) is 20.1. The molecule has 2 N–H and O–H groups in total. The third-order valence-electron chi connectivity index (χ3n) is 5.91. The minimum Gasteiger partial charge on any atom is -0.444 e. The highest BCUT2D eigenvalue weighted by atomic mass is 32.2. The average molecular weight is 556 g/mol. The molecule has 2 unspecified atom stereocenters. The lowest BCUT2D eigenvalue weighted by molar-refractivity contribution is -0.136. The van der Waals surface area contributed by atoms with Gasteiger partial charge < -0.3 is 15.4 Å². The maximum Gasteiger partial charge on any atom is 0.408 e. The molecule has 8 heteroatoms. The van der Waals surface area contributed by atoms with Crippen molar-refractivity contribution in [1.82, 2.24) is 10.2 Å². The number of terminal acetylenes is 2. The van der Waals surface area contributed by atoms with Crippen molar-refractivity contribution < 1.29 is 19.1 Å². The van der Waals surface area contributed by atoms with E-state index in [2.05, 4.69) is 22.6 Å². The molecule has 3 rings (SSSR count). The van der Waals surface area contributed by atoms with Gasteiger partial charge in [0.05, 0.1) is 0 Å². The molecule has 0 aliphatic carbocycles. The largest absolute Gasteiger partial charge is 0.444 e. The van der Waals surface area contributed by atoms with E-state index in [0.29, 0.717) is 22.6 Å². The molecule has 3 aromatic rings. The van der Waals surface area contributed by atoms with E-state index in [-0.39, 0.29) is 6.42 Å². The fraction of sp³-hybridized carbons (Fsp3) is 0.281. The third kappa shape index (κ3) is 7.81. The fourth-order valence-corrected chi connectivity index (χ4v) is 4.59. The van der Waals surface area contributed by atoms with Crippen LogP contribution in [0.1, 0.15) is 44.4 Å². The van der Waals surface area contributed by atoms with Crippen molar-refractivity contribution in [3.8, 4) is 24.8 Å². The van der Waals surface area contributed by atoms with Crippen LogP contribution in [0.25, 0.3) is 10.8 Å². The van der Waals surface area contributed by atoms with E-state index < -0.39 is 35.6 Å². The monoisotopic (exact) mass is 555 g/mol. The Morgan fingerprint density at radius 3 is 2.33 bits per heavy atom. The minimum absolute atomic E-state index is 0.271. The van der Waals surface area contributed by atoms with Gasteiger partial charge in [0.25, 0.3) is 11.8 Å². The Morgan fingerprint density at radius 2 is 1.68 bits per heavy atom. The van der Waals surface area contributed by atoms with E-state index in [1.807, 2.05) is 42.7 Å². The van der Waals surface area contributed by atoms with Crippen LogP contribution in [0, 0.1) is 24.8 Å². The smallest absolute Gasteiger partial charge is 0.408 e. The second kappa shape index (κ2) is 13.6. The van der Waals surface area contributed by atoms with Gasteiger partial charge in [0.1, 0.15) is 11.6 Å². The molecular weight excluding hydrogens is 522 g/mol. The predicted octanol–water partition coefficient (Wildman–Crippen LogP) is 5.57. The Hall–Kier alpha value is -4.40. The van der Waals surface area contributed by atoms with Crippen LogP contribution in [0.3, 0.4) is 0 Å². The summed E-state index contributed by atoms with van der Waals surface area (Å²) in [7, 11) is 0. The predicted molar refractivity (Wildman–Crippen MR) is 162 cm³/mol. The second-order valence-electron chi connectivity index (χ2n) is 10.0. The zero-order valence-corrected chi connectivity index (χ0v) is 23.9. The van der Waals surface area contributed by atoms with E-state index in [0.717, 1.165) is 15.7 Å². The van der Waals surface area contributed by atoms with Gasteiger partial charge in [-0.3, -0.25) is 14.5 Å². The molecule has 0 aliphatic heterocycles. The number of amides is 3. The molecule has 0 aromatic heterocycles. The van der Waals surface area contributed by atoms with Gasteiger partial charge >= 0.3 is 6.09 Å². The summed E-state index contributed by atoms with van der Waals surface area (Å²) in [6.45, 7) is 5.18. The van der Waals surface area contributed by atoms with Gasteiger partial charge in [-0.2, -0.15) is 11.8 Å². The van der Waals surface area contributed by atoms with E-state index >= 15 is 0 Å². The number of carbonyl (C=O) groups excluding carboxylic acids is 3. The SMILES string of the molecule is C#Cc1ccccc1C(C(=O)Nc1ccc2ccccc2c1)N(C#C)C(=O)C(CCSC)NC(=O)OC(C)(C)C. The van der Waals surface area contributed by atoms with Gasteiger partial charge in [0.2, 0.25) is 0 Å². The van der Waals surface area contributed by atoms with Crippen LogP contribution in [-0.4, -0.2) is 46.5 Å². The Bertz CT molecular complexity index is 1470. The van der Waals surface area contributed by atoms with Gasteiger partial charge in [-0.1, -0.05) is 60.9 Å². The molecule has 0 fully saturated rings. The van der Waals surface area contributed by atoms with Crippen molar-refractivity contribution in [2.24, 2.45) is 0 Å². The second-order valence-corrected chi connectivity index (χ2v) is 11.0. The summed E-state index contributed by atoms with van der Waals surface area (Å²) in [5.41, 5.74) is 0.560. The molecule has 0 heterocycles. The Morgan fingerprint density at radius 1 is 1.00 bits per heavy atom. The minimum atomic E-state index is -1.27. The number of nitrogens with zero attached hydrogens (tertiary/aromatic N) is 1. The van der Waals surface area contributed by atoms with Crippen LogP contribution in [0.15, 0.2) is 66.7 Å². The van der Waals surface area contributed by atoms with Crippen LogP contribution in [0.5, 0.6) is 0 Å². The first-order chi connectivity index (χ1) is 19.1. The third-order valence-corrected chi connectivity index (χ3v) is 6.55. The number of hydrogen-bond acceptors (Lipinski definition) is 5. The highest BCUT2D eigenvalue weighted by Crippen LogP contribution is 2.28. The lowest BCUT2D eigenvalue weighted by atomic mass is 9.97. The first kappa shape index (κ1) is 30.1. The quantitative estimate of drug-likeness (QED) is 0.266. The van der Waals surface area contributed by atoms with Gasteiger partial charge in [-0.25, -0.2) is 4.79 Å². The lowest BCUT2D eigenvalue weighted by Crippen LogP contribution is -2.51. The Labute approximate surface area is 240 Å². The molecule has 3 aromatic carbocycles. The van der Waals surface area contributed by atoms with Crippen LogP contribution in [0.4, 0.5) is 10.5 Å². The summed E-state index contributed by atoms with van der Waals surface area (Å²) in [5, 5.41) is 7.48. The standard InChI is InChI=1S/C32H33N3O4S/c1-7-22-13-11-12-16-26(22)28(29(36)33-25-18-17-23-14-9-10-15-24(23)21-25)35(8-2)30(37)27(19-20-40-6)34-31(38)39-32(3,4)5/h1-2,9-18,21,27-28H,19-20H2,3-6H3,(H,33,36)(H,34,38). The zero-order chi connectivity index (χ0) is 29.3. The van der Waals surface area contributed by atoms with Gasteiger partial charge in [-0.05, 0) is 68.2 Å². The number of rotatable bonds is 9. The first-order valence-corrected chi connectivity index (χ1v) is 14.1. The van der Waals surface area contributed by atoms with Crippen molar-refractivity contribution in [3.63, 3.8) is 0 Å². The molecular formula is C32H33N3O4S. The topological polar surface area (TPSA) is 87.7 Å². The number of nitrogens with one attached hydrogen (secondary N) is 2. The number of hydrogen-bond donors (Lipinski definition) is 2. The summed E-state index contributed by atoms with van der Waals surface area (Å²) in [5.74, 6) is 1.95. The maximum absolute atomic E-state index is 13.9. The molecule has 2 atom stereocenters. The van der Waals surface area contributed by atoms with Gasteiger partial charge in [-0.15, -0.1) is 6.42 Å². The number of fused-ring (bicyclic) bond motifs is 1. The number of alkyl carbamates (subject to hydrolysis) is 1. The van der Waals surface area contributed by atoms with E-state index in [9.17, 15) is 14.4 Å². The molecule has 3 amide bonds. The average Bonchev–Trinajstić information content (AvgIpc) is 2.92. The number of anilines is 1. The van der Waals surface area contributed by atoms with Crippen molar-refractivity contribution in [3.05, 3.63) is 77.9 Å². The molecule has 0 spiro atoms. The van der Waals surface area contributed by atoms with Crippen molar-refractivity contribution >= 4 is 46.1 Å². The number of thioether (sulfide) groups is 1. The van der Waals surface area contributed by atoms with Crippen LogP contribution < -0.4 is 10.6 Å². The molecule has 0 aliphatic rings. The molecule has 206 valence electrons. The van der Waals surface area contributed by atoms with E-state index in [1.54, 1.807) is 51.1 Å². The Balaban J connectivity index is 2.01. The first-order valence-electron chi connectivity index (χ1n) is 12.7. The highest BCUT2D eigenvalue weighted by Gasteiger charge is 2.36. The summed E-state index contributed by atoms with van der Waals surface area (Å²) in [6.07, 6.45) is 13.0. The van der Waals surface area contributed by atoms with Crippen molar-refractivity contribution in [2.75, 3.05) is 17.3 Å². The van der Waals surface area contributed by atoms with E-state index in [1.165, 1.54) is 11.8 Å². The van der Waals surface area contributed by atoms with Crippen molar-refractivity contribution in [1.29, 1.82) is 0 Å².